The SMILES string of the molecule is CCC(CC)Nc1ccc(C#Cc2csc(C)n2)cn1.O=C(O)C(F)(F)F. The molecule has 2 aromatic rings. The summed E-state index contributed by atoms with van der Waals surface area (Å²) in [4.78, 5) is 17.6. The third kappa shape index (κ3) is 8.55. The third-order valence-electron chi connectivity index (χ3n) is 3.30. The minimum absolute atomic E-state index is 0.484. The van der Waals surface area contributed by atoms with E-state index in [0.29, 0.717) is 6.04 Å². The van der Waals surface area contributed by atoms with E-state index >= 15 is 0 Å². The molecule has 0 spiro atoms. The van der Waals surface area contributed by atoms with Gasteiger partial charge in [-0.05, 0) is 37.8 Å². The zero-order valence-electron chi connectivity index (χ0n) is 15.1. The van der Waals surface area contributed by atoms with Gasteiger partial charge in [0.2, 0.25) is 0 Å². The van der Waals surface area contributed by atoms with Crippen LogP contribution in [0.1, 0.15) is 43.0 Å². The second-order valence-corrected chi connectivity index (χ2v) is 6.46. The maximum Gasteiger partial charge on any atom is 0.490 e. The molecule has 0 saturated heterocycles. The number of nitrogens with zero attached hydrogens (tertiary/aromatic N) is 2. The minimum atomic E-state index is -5.08. The summed E-state index contributed by atoms with van der Waals surface area (Å²) in [6, 6.07) is 4.45. The van der Waals surface area contributed by atoms with Gasteiger partial charge in [-0.15, -0.1) is 11.3 Å². The maximum atomic E-state index is 10.6. The molecule has 0 aliphatic heterocycles. The standard InChI is InChI=1S/C16H19N3S.C2HF3O2/c1-4-14(5-2)19-16-9-7-13(10-17-16)6-8-15-11-20-12(3)18-15;3-2(4,5)1(6)7/h7,9-11,14H,4-5H2,1-3H3,(H,17,19);(H,6,7). The van der Waals surface area contributed by atoms with Crippen LogP contribution >= 0.6 is 11.3 Å². The largest absolute Gasteiger partial charge is 0.490 e. The third-order valence-corrected chi connectivity index (χ3v) is 4.07. The topological polar surface area (TPSA) is 75.1 Å². The van der Waals surface area contributed by atoms with Gasteiger partial charge in [-0.2, -0.15) is 13.2 Å². The van der Waals surface area contributed by atoms with E-state index in [1.165, 1.54) is 0 Å². The minimum Gasteiger partial charge on any atom is -0.475 e. The number of carboxylic acids is 1. The molecule has 2 heterocycles. The van der Waals surface area contributed by atoms with Crippen LogP contribution in [0, 0.1) is 18.8 Å². The highest BCUT2D eigenvalue weighted by molar-refractivity contribution is 7.09. The van der Waals surface area contributed by atoms with Gasteiger partial charge in [-0.25, -0.2) is 14.8 Å². The second-order valence-electron chi connectivity index (χ2n) is 5.39. The Morgan fingerprint density at radius 2 is 1.93 bits per heavy atom. The summed E-state index contributed by atoms with van der Waals surface area (Å²) in [5.41, 5.74) is 1.73. The predicted octanol–water partition coefficient (Wildman–Crippen LogP) is 4.48. The van der Waals surface area contributed by atoms with Crippen molar-refractivity contribution < 1.29 is 23.1 Å². The van der Waals surface area contributed by atoms with Crippen LogP contribution in [0.3, 0.4) is 0 Å². The zero-order chi connectivity index (χ0) is 20.4. The molecule has 0 aromatic carbocycles. The van der Waals surface area contributed by atoms with E-state index in [2.05, 4.69) is 41.0 Å². The quantitative estimate of drug-likeness (QED) is 0.742. The molecule has 0 bridgehead atoms. The molecule has 0 atom stereocenters. The number of halogens is 3. The monoisotopic (exact) mass is 399 g/mol. The lowest BCUT2D eigenvalue weighted by Crippen LogP contribution is -2.21. The lowest BCUT2D eigenvalue weighted by atomic mass is 10.2. The van der Waals surface area contributed by atoms with E-state index in [0.717, 1.165) is 34.9 Å². The van der Waals surface area contributed by atoms with Crippen molar-refractivity contribution in [2.75, 3.05) is 5.32 Å². The Morgan fingerprint density at radius 3 is 2.33 bits per heavy atom. The first-order chi connectivity index (χ1) is 12.7. The van der Waals surface area contributed by atoms with Crippen molar-refractivity contribution in [3.05, 3.63) is 40.0 Å². The van der Waals surface area contributed by atoms with Crippen molar-refractivity contribution in [3.63, 3.8) is 0 Å². The van der Waals surface area contributed by atoms with Gasteiger partial charge in [0, 0.05) is 23.2 Å². The van der Waals surface area contributed by atoms with E-state index < -0.39 is 12.1 Å². The summed E-state index contributed by atoms with van der Waals surface area (Å²) in [5.74, 6) is 4.29. The summed E-state index contributed by atoms with van der Waals surface area (Å²) in [6.07, 6.45) is -1.08. The molecule has 2 aromatic heterocycles. The molecule has 146 valence electrons. The Labute approximate surface area is 159 Å². The fourth-order valence-corrected chi connectivity index (χ4v) is 2.36. The summed E-state index contributed by atoms with van der Waals surface area (Å²) in [5, 5.41) is 13.5. The number of anilines is 1. The fraction of sp³-hybridized carbons (Fsp3) is 0.389. The number of carbonyl (C=O) groups is 1. The number of aromatic nitrogens is 2. The number of rotatable bonds is 4. The molecule has 27 heavy (non-hydrogen) atoms. The van der Waals surface area contributed by atoms with Gasteiger partial charge in [0.25, 0.3) is 0 Å². The zero-order valence-corrected chi connectivity index (χ0v) is 15.9. The molecule has 9 heteroatoms. The van der Waals surface area contributed by atoms with Gasteiger partial charge < -0.3 is 10.4 Å². The van der Waals surface area contributed by atoms with E-state index in [4.69, 9.17) is 9.90 Å². The lowest BCUT2D eigenvalue weighted by Gasteiger charge is -2.14. The van der Waals surface area contributed by atoms with Crippen molar-refractivity contribution in [2.24, 2.45) is 0 Å². The van der Waals surface area contributed by atoms with Crippen molar-refractivity contribution in [2.45, 2.75) is 45.8 Å². The van der Waals surface area contributed by atoms with Gasteiger partial charge >= 0.3 is 12.1 Å². The summed E-state index contributed by atoms with van der Waals surface area (Å²) in [6.45, 7) is 6.34. The number of aliphatic carboxylic acids is 1. The summed E-state index contributed by atoms with van der Waals surface area (Å²) < 4.78 is 31.7. The van der Waals surface area contributed by atoms with Gasteiger partial charge in [-0.1, -0.05) is 19.8 Å². The number of aryl methyl sites for hydroxylation is 1. The molecule has 2 N–H and O–H groups in total. The first-order valence-electron chi connectivity index (χ1n) is 8.12. The van der Waals surface area contributed by atoms with Gasteiger partial charge in [0.05, 0.1) is 5.01 Å². The highest BCUT2D eigenvalue weighted by Gasteiger charge is 2.38. The van der Waals surface area contributed by atoms with Crippen molar-refractivity contribution >= 4 is 23.1 Å². The Hall–Kier alpha value is -2.60. The van der Waals surface area contributed by atoms with Crippen molar-refractivity contribution in [3.8, 4) is 11.8 Å². The number of carboxylic acid groups (broad SMARTS) is 1. The van der Waals surface area contributed by atoms with Crippen molar-refractivity contribution in [1.82, 2.24) is 9.97 Å². The molecule has 5 nitrogen and oxygen atoms in total. The van der Waals surface area contributed by atoms with Gasteiger partial charge in [0.1, 0.15) is 11.5 Å². The Balaban J connectivity index is 0.000000445. The molecule has 0 aliphatic carbocycles. The lowest BCUT2D eigenvalue weighted by molar-refractivity contribution is -0.192. The summed E-state index contributed by atoms with van der Waals surface area (Å²) >= 11 is 1.61. The van der Waals surface area contributed by atoms with E-state index in [1.54, 1.807) is 17.5 Å². The fourth-order valence-electron chi connectivity index (χ4n) is 1.81. The molecular weight excluding hydrogens is 379 g/mol. The number of nitrogens with one attached hydrogen (secondary N) is 1. The maximum absolute atomic E-state index is 10.6. The molecule has 0 radical (unpaired) electrons. The van der Waals surface area contributed by atoms with Crippen LogP contribution in [0.5, 0.6) is 0 Å². The molecule has 0 unspecified atom stereocenters. The average Bonchev–Trinajstić information content (AvgIpc) is 3.04. The van der Waals surface area contributed by atoms with E-state index in [-0.39, 0.29) is 0 Å². The molecular formula is C18H20F3N3O2S. The molecule has 0 aliphatic rings. The van der Waals surface area contributed by atoms with Crippen LogP contribution in [0.25, 0.3) is 0 Å². The average molecular weight is 399 g/mol. The number of pyridine rings is 1. The number of alkyl halides is 3. The number of hydrogen-bond donors (Lipinski definition) is 2. The normalized spacial score (nSPS) is 10.5. The first-order valence-corrected chi connectivity index (χ1v) is 9.00. The Morgan fingerprint density at radius 1 is 1.30 bits per heavy atom. The first kappa shape index (κ1) is 22.4. The molecule has 0 saturated carbocycles. The van der Waals surface area contributed by atoms with Crippen LogP contribution in [0.4, 0.5) is 19.0 Å². The van der Waals surface area contributed by atoms with Crippen molar-refractivity contribution in [1.29, 1.82) is 0 Å². The summed E-state index contributed by atoms with van der Waals surface area (Å²) in [7, 11) is 0. The van der Waals surface area contributed by atoms with Crippen LogP contribution in [0.15, 0.2) is 23.7 Å². The van der Waals surface area contributed by atoms with Crippen LogP contribution < -0.4 is 5.32 Å². The second kappa shape index (κ2) is 10.5. The molecule has 0 fully saturated rings. The number of hydrogen-bond acceptors (Lipinski definition) is 5. The molecule has 0 amide bonds. The van der Waals surface area contributed by atoms with Crippen LogP contribution in [0.2, 0.25) is 0 Å². The van der Waals surface area contributed by atoms with Gasteiger partial charge in [0.15, 0.2) is 0 Å². The smallest absolute Gasteiger partial charge is 0.475 e. The molecule has 2 rings (SSSR count). The van der Waals surface area contributed by atoms with Crippen LogP contribution in [-0.4, -0.2) is 33.3 Å². The highest BCUT2D eigenvalue weighted by atomic mass is 32.1. The highest BCUT2D eigenvalue weighted by Crippen LogP contribution is 2.13. The number of thiazole rings is 1. The van der Waals surface area contributed by atoms with Crippen LogP contribution in [-0.2, 0) is 4.79 Å². The van der Waals surface area contributed by atoms with E-state index in [9.17, 15) is 13.2 Å². The Kier molecular flexibility index (Phi) is 8.75. The Bertz CT molecular complexity index is 789. The van der Waals surface area contributed by atoms with Gasteiger partial charge in [-0.3, -0.25) is 0 Å². The predicted molar refractivity (Wildman–Crippen MR) is 98.8 cm³/mol. The van der Waals surface area contributed by atoms with E-state index in [1.807, 2.05) is 24.4 Å².